The van der Waals surface area contributed by atoms with Crippen LogP contribution in [-0.4, -0.2) is 36.5 Å². The summed E-state index contributed by atoms with van der Waals surface area (Å²) in [4.78, 5) is 24.6. The van der Waals surface area contributed by atoms with Crippen LogP contribution >= 0.6 is 0 Å². The van der Waals surface area contributed by atoms with Crippen molar-refractivity contribution in [3.8, 4) is 0 Å². The average molecular weight is 269 g/mol. The van der Waals surface area contributed by atoms with Gasteiger partial charge >= 0.3 is 5.97 Å². The average Bonchev–Trinajstić information content (AvgIpc) is 2.35. The number of rotatable bonds is 10. The monoisotopic (exact) mass is 269 g/mol. The summed E-state index contributed by atoms with van der Waals surface area (Å²) in [5, 5.41) is 0. The number of amides is 1. The Kier molecular flexibility index (Phi) is 9.85. The van der Waals surface area contributed by atoms with E-state index in [2.05, 4.69) is 6.58 Å². The highest BCUT2D eigenvalue weighted by Gasteiger charge is 2.09. The van der Waals surface area contributed by atoms with Gasteiger partial charge in [0.25, 0.3) is 0 Å². The molecule has 0 heterocycles. The van der Waals surface area contributed by atoms with E-state index in [4.69, 9.17) is 4.74 Å². The molecule has 0 aromatic heterocycles. The second-order valence-corrected chi connectivity index (χ2v) is 5.05. The summed E-state index contributed by atoms with van der Waals surface area (Å²) in [7, 11) is 0. The maximum atomic E-state index is 11.5. The van der Waals surface area contributed by atoms with Crippen LogP contribution in [0.1, 0.15) is 46.5 Å². The minimum absolute atomic E-state index is 0.0290. The molecule has 0 N–H and O–H groups in total. The van der Waals surface area contributed by atoms with Crippen LogP contribution in [0.4, 0.5) is 0 Å². The fourth-order valence-corrected chi connectivity index (χ4v) is 1.71. The Balaban J connectivity index is 3.73. The highest BCUT2D eigenvalue weighted by atomic mass is 16.5. The van der Waals surface area contributed by atoms with E-state index in [1.165, 1.54) is 6.08 Å². The van der Waals surface area contributed by atoms with Gasteiger partial charge in [-0.2, -0.15) is 0 Å². The van der Waals surface area contributed by atoms with E-state index in [0.29, 0.717) is 25.5 Å². The summed E-state index contributed by atoms with van der Waals surface area (Å²) in [5.74, 6) is 0.166. The summed E-state index contributed by atoms with van der Waals surface area (Å²) in [6, 6.07) is 0. The van der Waals surface area contributed by atoms with Crippen molar-refractivity contribution in [1.29, 1.82) is 0 Å². The second kappa shape index (κ2) is 10.6. The molecule has 0 rings (SSSR count). The first-order valence-corrected chi connectivity index (χ1v) is 7.08. The molecule has 0 fully saturated rings. The summed E-state index contributed by atoms with van der Waals surface area (Å²) in [6.07, 6.45) is 4.38. The quantitative estimate of drug-likeness (QED) is 0.348. The molecule has 0 aromatic rings. The summed E-state index contributed by atoms with van der Waals surface area (Å²) < 4.78 is 5.12. The zero-order chi connectivity index (χ0) is 14.7. The van der Waals surface area contributed by atoms with E-state index >= 15 is 0 Å². The third kappa shape index (κ3) is 9.28. The molecule has 0 aromatic carbocycles. The van der Waals surface area contributed by atoms with Gasteiger partial charge in [-0.1, -0.05) is 27.4 Å². The number of carbonyl (C=O) groups excluding carboxylic acids is 2. The molecule has 0 saturated heterocycles. The number of carbonyl (C=O) groups is 2. The van der Waals surface area contributed by atoms with Gasteiger partial charge in [0.05, 0.1) is 6.61 Å². The number of unbranched alkanes of at least 4 members (excludes halogenated alkanes) is 1. The lowest BCUT2D eigenvalue weighted by atomic mass is 10.1. The van der Waals surface area contributed by atoms with E-state index in [0.717, 1.165) is 25.8 Å². The molecular weight excluding hydrogens is 242 g/mol. The second-order valence-electron chi connectivity index (χ2n) is 5.05. The molecule has 0 spiro atoms. The molecule has 0 unspecified atom stereocenters. The van der Waals surface area contributed by atoms with Crippen LogP contribution in [0.3, 0.4) is 0 Å². The lowest BCUT2D eigenvalue weighted by molar-refractivity contribution is -0.144. The minimum Gasteiger partial charge on any atom is -0.466 e. The van der Waals surface area contributed by atoms with Crippen LogP contribution in [-0.2, 0) is 14.3 Å². The number of hydrogen-bond acceptors (Lipinski definition) is 3. The van der Waals surface area contributed by atoms with E-state index < -0.39 is 0 Å². The number of esters is 1. The summed E-state index contributed by atoms with van der Waals surface area (Å²) in [5.41, 5.74) is 0. The predicted molar refractivity (Wildman–Crippen MR) is 76.7 cm³/mol. The van der Waals surface area contributed by atoms with Gasteiger partial charge in [0.1, 0.15) is 0 Å². The molecule has 4 heteroatoms. The van der Waals surface area contributed by atoms with Crippen molar-refractivity contribution in [2.24, 2.45) is 5.92 Å². The molecule has 0 saturated carbocycles. The van der Waals surface area contributed by atoms with Crippen LogP contribution < -0.4 is 0 Å². The predicted octanol–water partition coefficient (Wildman–Crippen LogP) is 2.78. The molecule has 0 atom stereocenters. The molecule has 110 valence electrons. The highest BCUT2D eigenvalue weighted by molar-refractivity contribution is 5.86. The van der Waals surface area contributed by atoms with E-state index in [9.17, 15) is 9.59 Å². The summed E-state index contributed by atoms with van der Waals surface area (Å²) in [6.45, 7) is 11.4. The molecule has 19 heavy (non-hydrogen) atoms. The van der Waals surface area contributed by atoms with Crippen molar-refractivity contribution in [2.75, 3.05) is 19.7 Å². The molecular formula is C15H27NO3. The van der Waals surface area contributed by atoms with Gasteiger partial charge in [-0.15, -0.1) is 0 Å². The van der Waals surface area contributed by atoms with E-state index in [1.54, 1.807) is 4.90 Å². The Labute approximate surface area is 116 Å². The first-order chi connectivity index (χ1) is 9.01. The molecule has 0 bridgehead atoms. The van der Waals surface area contributed by atoms with Gasteiger partial charge in [-0.05, 0) is 31.3 Å². The maximum absolute atomic E-state index is 11.5. The molecule has 4 nitrogen and oxygen atoms in total. The van der Waals surface area contributed by atoms with Crippen LogP contribution in [0, 0.1) is 5.92 Å². The zero-order valence-electron chi connectivity index (χ0n) is 12.5. The smallest absolute Gasteiger partial charge is 0.306 e. The Hall–Kier alpha value is -1.32. The normalized spacial score (nSPS) is 10.3. The van der Waals surface area contributed by atoms with Gasteiger partial charge in [-0.3, -0.25) is 9.59 Å². The fourth-order valence-electron chi connectivity index (χ4n) is 1.71. The standard InChI is InChI=1S/C15H27NO3/c1-5-9-16(14(17)6-2)10-7-8-11-19-15(18)12-13(3)4/h6,13H,2,5,7-12H2,1,3-4H3. The Morgan fingerprint density at radius 3 is 2.47 bits per heavy atom. The molecule has 0 aliphatic carbocycles. The molecule has 1 amide bonds. The first-order valence-electron chi connectivity index (χ1n) is 7.08. The van der Waals surface area contributed by atoms with E-state index in [1.807, 2.05) is 20.8 Å². The van der Waals surface area contributed by atoms with Gasteiger partial charge in [-0.25, -0.2) is 0 Å². The highest BCUT2D eigenvalue weighted by Crippen LogP contribution is 2.03. The van der Waals surface area contributed by atoms with Crippen molar-refractivity contribution in [2.45, 2.75) is 46.5 Å². The largest absolute Gasteiger partial charge is 0.466 e. The van der Waals surface area contributed by atoms with Crippen molar-refractivity contribution in [1.82, 2.24) is 4.90 Å². The number of nitrogens with zero attached hydrogens (tertiary/aromatic N) is 1. The van der Waals surface area contributed by atoms with Crippen LogP contribution in [0.25, 0.3) is 0 Å². The Bertz CT molecular complexity index is 287. The number of ether oxygens (including phenoxy) is 1. The van der Waals surface area contributed by atoms with Crippen LogP contribution in [0.2, 0.25) is 0 Å². The van der Waals surface area contributed by atoms with Crippen molar-refractivity contribution < 1.29 is 14.3 Å². The van der Waals surface area contributed by atoms with Crippen molar-refractivity contribution in [3.63, 3.8) is 0 Å². The fraction of sp³-hybridized carbons (Fsp3) is 0.733. The third-order valence-electron chi connectivity index (χ3n) is 2.64. The Morgan fingerprint density at radius 2 is 1.95 bits per heavy atom. The van der Waals surface area contributed by atoms with Gasteiger partial charge in [0, 0.05) is 19.5 Å². The van der Waals surface area contributed by atoms with Crippen LogP contribution in [0.5, 0.6) is 0 Å². The summed E-state index contributed by atoms with van der Waals surface area (Å²) >= 11 is 0. The molecule has 0 aliphatic heterocycles. The van der Waals surface area contributed by atoms with Gasteiger partial charge in [0.15, 0.2) is 0 Å². The van der Waals surface area contributed by atoms with Gasteiger partial charge in [0.2, 0.25) is 5.91 Å². The lowest BCUT2D eigenvalue weighted by Crippen LogP contribution is -2.31. The van der Waals surface area contributed by atoms with E-state index in [-0.39, 0.29) is 11.9 Å². The first kappa shape index (κ1) is 17.7. The third-order valence-corrected chi connectivity index (χ3v) is 2.64. The van der Waals surface area contributed by atoms with Crippen molar-refractivity contribution in [3.05, 3.63) is 12.7 Å². The molecule has 0 aliphatic rings. The number of hydrogen-bond donors (Lipinski definition) is 0. The zero-order valence-corrected chi connectivity index (χ0v) is 12.5. The topological polar surface area (TPSA) is 46.6 Å². The molecule has 0 radical (unpaired) electrons. The SMILES string of the molecule is C=CC(=O)N(CCC)CCCCOC(=O)CC(C)C. The Morgan fingerprint density at radius 1 is 1.26 bits per heavy atom. The van der Waals surface area contributed by atoms with Crippen molar-refractivity contribution >= 4 is 11.9 Å². The minimum atomic E-state index is -0.136. The van der Waals surface area contributed by atoms with Crippen LogP contribution in [0.15, 0.2) is 12.7 Å². The maximum Gasteiger partial charge on any atom is 0.306 e. The van der Waals surface area contributed by atoms with Gasteiger partial charge < -0.3 is 9.64 Å². The lowest BCUT2D eigenvalue weighted by Gasteiger charge is -2.20.